The van der Waals surface area contributed by atoms with E-state index >= 15 is 4.39 Å². The van der Waals surface area contributed by atoms with Crippen LogP contribution in [-0.2, 0) is 9.53 Å². The van der Waals surface area contributed by atoms with Crippen LogP contribution in [-0.4, -0.2) is 65.9 Å². The van der Waals surface area contributed by atoms with Gasteiger partial charge in [-0.2, -0.15) is 4.39 Å². The van der Waals surface area contributed by atoms with Crippen LogP contribution < -0.4 is 20.5 Å². The van der Waals surface area contributed by atoms with Gasteiger partial charge in [0.05, 0.1) is 31.3 Å². The third-order valence-corrected chi connectivity index (χ3v) is 7.50. The van der Waals surface area contributed by atoms with Gasteiger partial charge >= 0.3 is 5.97 Å². The molecule has 1 aromatic heterocycles. The molecular formula is C30H32F2N6O5. The van der Waals surface area contributed by atoms with E-state index in [9.17, 15) is 14.3 Å². The number of carbonyl (C=O) groups is 1. The Kier molecular flexibility index (Phi) is 8.60. The Morgan fingerprint density at radius 2 is 1.88 bits per heavy atom. The van der Waals surface area contributed by atoms with Crippen molar-refractivity contribution in [2.24, 2.45) is 16.6 Å². The quantitative estimate of drug-likeness (QED) is 0.156. The van der Waals surface area contributed by atoms with Crippen LogP contribution in [0.4, 0.5) is 14.5 Å². The molecule has 1 aliphatic heterocycles. The maximum absolute atomic E-state index is 15.6. The summed E-state index contributed by atoms with van der Waals surface area (Å²) in [6.45, 7) is 1.22. The Balaban J connectivity index is 1.41. The summed E-state index contributed by atoms with van der Waals surface area (Å²) in [6.07, 6.45) is 3.76. The fourth-order valence-electron chi connectivity index (χ4n) is 5.16. The Labute approximate surface area is 246 Å². The molecule has 0 spiro atoms. The van der Waals surface area contributed by atoms with Crippen molar-refractivity contribution < 1.29 is 32.9 Å². The van der Waals surface area contributed by atoms with E-state index in [1.54, 1.807) is 12.1 Å². The monoisotopic (exact) mass is 594 g/mol. The number of rotatable bonds is 9. The molecule has 1 saturated carbocycles. The molecular weight excluding hydrogens is 562 g/mol. The highest BCUT2D eigenvalue weighted by Crippen LogP contribution is 2.38. The van der Waals surface area contributed by atoms with Gasteiger partial charge in [0.25, 0.3) is 5.88 Å². The molecule has 0 unspecified atom stereocenters. The molecule has 0 radical (unpaired) electrons. The minimum absolute atomic E-state index is 0.100. The first kappa shape index (κ1) is 29.5. The molecule has 5 rings (SSSR count). The first-order valence-corrected chi connectivity index (χ1v) is 13.8. The van der Waals surface area contributed by atoms with Gasteiger partial charge in [-0.05, 0) is 62.1 Å². The molecule has 5 N–H and O–H groups in total. The minimum atomic E-state index is -1.23. The third kappa shape index (κ3) is 6.45. The number of amidine groups is 2. The summed E-state index contributed by atoms with van der Waals surface area (Å²) in [5, 5.41) is 21.2. The van der Waals surface area contributed by atoms with Crippen LogP contribution in [0.1, 0.15) is 36.8 Å². The number of esters is 1. The number of nitrogens with one attached hydrogen (secondary N) is 2. The molecule has 0 amide bonds. The number of methoxy groups -OCH3 is 1. The van der Waals surface area contributed by atoms with E-state index < -0.39 is 23.3 Å². The zero-order valence-electron chi connectivity index (χ0n) is 23.7. The number of anilines is 1. The molecule has 2 aromatic carbocycles. The van der Waals surface area contributed by atoms with E-state index in [0.717, 1.165) is 37.6 Å². The van der Waals surface area contributed by atoms with Crippen molar-refractivity contribution in [2.75, 3.05) is 32.6 Å². The Morgan fingerprint density at radius 3 is 2.56 bits per heavy atom. The Morgan fingerprint density at radius 1 is 1.12 bits per heavy atom. The number of nitrogen functional groups attached to an aromatic ring is 1. The molecule has 3 aromatic rings. The lowest BCUT2D eigenvalue weighted by Gasteiger charge is -2.28. The van der Waals surface area contributed by atoms with Crippen molar-refractivity contribution in [3.05, 3.63) is 65.4 Å². The topological polar surface area (TPSA) is 155 Å². The van der Waals surface area contributed by atoms with Crippen molar-refractivity contribution in [3.8, 4) is 28.9 Å². The smallest absolute Gasteiger partial charge is 0.308 e. The van der Waals surface area contributed by atoms with Gasteiger partial charge in [-0.25, -0.2) is 9.37 Å². The van der Waals surface area contributed by atoms with Crippen molar-refractivity contribution in [1.29, 1.82) is 5.41 Å². The average molecular weight is 595 g/mol. The van der Waals surface area contributed by atoms with E-state index in [1.165, 1.54) is 25.3 Å². The lowest BCUT2D eigenvalue weighted by molar-refractivity contribution is -0.146. The largest absolute Gasteiger partial charge is 0.504 e. The van der Waals surface area contributed by atoms with Crippen molar-refractivity contribution in [3.63, 3.8) is 0 Å². The molecule has 1 aliphatic carbocycles. The van der Waals surface area contributed by atoms with Gasteiger partial charge in [0.15, 0.2) is 17.3 Å². The second kappa shape index (κ2) is 12.5. The number of phenols is 1. The summed E-state index contributed by atoms with van der Waals surface area (Å²) >= 11 is 0. The lowest BCUT2D eigenvalue weighted by atomic mass is 9.86. The van der Waals surface area contributed by atoms with Crippen LogP contribution in [0.3, 0.4) is 0 Å². The number of likely N-dealkylation sites (N-methyl/N-ethyl adjacent to an activating group) is 1. The number of hydrogen-bond donors (Lipinski definition) is 4. The summed E-state index contributed by atoms with van der Waals surface area (Å²) in [7, 11) is 3.27. The van der Waals surface area contributed by atoms with Crippen molar-refractivity contribution in [1.82, 2.24) is 9.88 Å². The van der Waals surface area contributed by atoms with E-state index in [4.69, 9.17) is 25.4 Å². The molecule has 1 fully saturated rings. The predicted molar refractivity (Wildman–Crippen MR) is 155 cm³/mol. The number of aromatic nitrogens is 1. The normalized spacial score (nSPS) is 18.1. The fourth-order valence-corrected chi connectivity index (χ4v) is 5.16. The number of hydrogen-bond acceptors (Lipinski definition) is 10. The van der Waals surface area contributed by atoms with Crippen molar-refractivity contribution in [2.45, 2.75) is 31.7 Å². The van der Waals surface area contributed by atoms with E-state index in [1.807, 2.05) is 18.0 Å². The Hall–Kier alpha value is -4.94. The van der Waals surface area contributed by atoms with Gasteiger partial charge in [-0.1, -0.05) is 0 Å². The van der Waals surface area contributed by atoms with E-state index in [2.05, 4.69) is 15.3 Å². The second-order valence-corrected chi connectivity index (χ2v) is 10.4. The van der Waals surface area contributed by atoms with Gasteiger partial charge < -0.3 is 35.3 Å². The first-order valence-electron chi connectivity index (χ1n) is 13.8. The number of aliphatic imine (C=N–C) groups is 1. The number of halogens is 2. The van der Waals surface area contributed by atoms with E-state index in [0.29, 0.717) is 24.5 Å². The number of benzene rings is 2. The standard InChI is InChI=1S/C30H32F2N6O5/c1-38-12-11-35-28(38)20-14-19(37-18-6-3-16(4-7-18)30(40)41-2)8-10-23(20)42-26-21(31)15-36-29(25(26)32)43-24-13-17(27(33)34)5-9-22(24)39/h5,8-10,13-16,18,37,39H,3-4,6-7,11-12H2,1-2H3,(H3,33,34). The summed E-state index contributed by atoms with van der Waals surface area (Å²) in [4.78, 5) is 22.1. The number of pyridine rings is 1. The maximum atomic E-state index is 15.6. The Bertz CT molecular complexity index is 1570. The zero-order valence-corrected chi connectivity index (χ0v) is 23.7. The average Bonchev–Trinajstić information content (AvgIpc) is 3.43. The zero-order chi connectivity index (χ0) is 30.7. The SMILES string of the molecule is COC(=O)C1CCC(Nc2ccc(Oc3c(F)cnc(Oc4cc(C(=N)N)ccc4O)c3F)c(C3=NCCN3C)c2)CC1. The van der Waals surface area contributed by atoms with Crippen LogP contribution in [0, 0.1) is 23.0 Å². The molecule has 43 heavy (non-hydrogen) atoms. The molecule has 226 valence electrons. The highest BCUT2D eigenvalue weighted by Gasteiger charge is 2.28. The molecule has 2 heterocycles. The van der Waals surface area contributed by atoms with Crippen molar-refractivity contribution >= 4 is 23.3 Å². The molecule has 0 atom stereocenters. The first-order chi connectivity index (χ1) is 20.6. The van der Waals surface area contributed by atoms with Crippen LogP contribution in [0.15, 0.2) is 47.6 Å². The van der Waals surface area contributed by atoms with Crippen LogP contribution >= 0.6 is 0 Å². The van der Waals surface area contributed by atoms with E-state index in [-0.39, 0.29) is 46.6 Å². The predicted octanol–water partition coefficient (Wildman–Crippen LogP) is 4.77. The molecule has 13 heteroatoms. The maximum Gasteiger partial charge on any atom is 0.308 e. The number of phenolic OH excluding ortho intramolecular Hbond substituents is 1. The van der Waals surface area contributed by atoms with Gasteiger partial charge in [-0.15, -0.1) is 0 Å². The number of nitrogens with two attached hydrogens (primary N) is 1. The summed E-state index contributed by atoms with van der Waals surface area (Å²) < 4.78 is 46.7. The van der Waals surface area contributed by atoms with Gasteiger partial charge in [0.1, 0.15) is 17.4 Å². The number of aromatic hydroxyl groups is 1. The molecule has 0 bridgehead atoms. The second-order valence-electron chi connectivity index (χ2n) is 10.4. The number of nitrogens with zero attached hydrogens (tertiary/aromatic N) is 3. The molecule has 11 nitrogen and oxygen atoms in total. The number of ether oxygens (including phenoxy) is 3. The fraction of sp³-hybridized carbons (Fsp3) is 0.333. The van der Waals surface area contributed by atoms with Gasteiger partial charge in [0, 0.05) is 30.9 Å². The van der Waals surface area contributed by atoms with Crippen LogP contribution in [0.5, 0.6) is 28.9 Å². The summed E-state index contributed by atoms with van der Waals surface area (Å²) in [6, 6.07) is 9.18. The third-order valence-electron chi connectivity index (χ3n) is 7.50. The van der Waals surface area contributed by atoms with Gasteiger partial charge in [0.2, 0.25) is 11.6 Å². The van der Waals surface area contributed by atoms with Crippen LogP contribution in [0.25, 0.3) is 0 Å². The summed E-state index contributed by atoms with van der Waals surface area (Å²) in [5.41, 5.74) is 7.02. The van der Waals surface area contributed by atoms with Gasteiger partial charge in [-0.3, -0.25) is 15.2 Å². The minimum Gasteiger partial charge on any atom is -0.504 e. The van der Waals surface area contributed by atoms with Crippen LogP contribution in [0.2, 0.25) is 0 Å². The highest BCUT2D eigenvalue weighted by atomic mass is 19.1. The summed E-state index contributed by atoms with van der Waals surface area (Å²) in [5.74, 6) is -4.10. The lowest BCUT2D eigenvalue weighted by Crippen LogP contribution is -2.30. The molecule has 2 aliphatic rings. The molecule has 0 saturated heterocycles. The highest BCUT2D eigenvalue weighted by molar-refractivity contribution is 6.03. The number of carbonyl (C=O) groups excluding carboxylic acids is 1.